The third kappa shape index (κ3) is 5.03. The molecule has 0 radical (unpaired) electrons. The Morgan fingerprint density at radius 1 is 1.30 bits per heavy atom. The quantitative estimate of drug-likeness (QED) is 0.526. The van der Waals surface area contributed by atoms with Gasteiger partial charge in [0, 0.05) is 18.7 Å². The summed E-state index contributed by atoms with van der Waals surface area (Å²) < 4.78 is 10.5. The minimum Gasteiger partial charge on any atom is -0.497 e. The molecule has 0 heterocycles. The molecule has 0 saturated heterocycles. The second-order valence-electron chi connectivity index (χ2n) is 5.85. The van der Waals surface area contributed by atoms with Gasteiger partial charge in [0.15, 0.2) is 5.96 Å². The zero-order chi connectivity index (χ0) is 16.8. The number of hydrogen-bond donors (Lipinski definition) is 3. The van der Waals surface area contributed by atoms with Crippen LogP contribution in [0.3, 0.4) is 0 Å². The summed E-state index contributed by atoms with van der Waals surface area (Å²) in [5.74, 6) is 2.74. The SMILES string of the molecule is CCNC(=NCC(O)c1cc(OC)cc(OC)c1)NC1CC1C. The smallest absolute Gasteiger partial charge is 0.191 e. The third-order valence-corrected chi connectivity index (χ3v) is 3.96. The van der Waals surface area contributed by atoms with Gasteiger partial charge in [-0.05, 0) is 37.0 Å². The Labute approximate surface area is 137 Å². The predicted octanol–water partition coefficient (Wildman–Crippen LogP) is 1.70. The Balaban J connectivity index is 2.03. The van der Waals surface area contributed by atoms with Gasteiger partial charge in [0.2, 0.25) is 0 Å². The van der Waals surface area contributed by atoms with Crippen LogP contribution in [0.5, 0.6) is 11.5 Å². The molecule has 1 aliphatic carbocycles. The third-order valence-electron chi connectivity index (χ3n) is 3.96. The van der Waals surface area contributed by atoms with Crippen LogP contribution in [0.4, 0.5) is 0 Å². The summed E-state index contributed by atoms with van der Waals surface area (Å²) in [4.78, 5) is 4.48. The maximum Gasteiger partial charge on any atom is 0.191 e. The first-order valence-electron chi connectivity index (χ1n) is 8.03. The molecule has 0 bridgehead atoms. The lowest BCUT2D eigenvalue weighted by Gasteiger charge is -2.14. The van der Waals surface area contributed by atoms with Crippen molar-refractivity contribution in [3.05, 3.63) is 23.8 Å². The van der Waals surface area contributed by atoms with Gasteiger partial charge < -0.3 is 25.2 Å². The first-order valence-corrected chi connectivity index (χ1v) is 8.03. The number of benzene rings is 1. The number of aliphatic imine (C=N–C) groups is 1. The summed E-state index contributed by atoms with van der Waals surface area (Å²) in [6.45, 7) is 5.29. The van der Waals surface area contributed by atoms with Gasteiger partial charge in [-0.2, -0.15) is 0 Å². The fourth-order valence-corrected chi connectivity index (χ4v) is 2.32. The van der Waals surface area contributed by atoms with Crippen molar-refractivity contribution in [2.75, 3.05) is 27.3 Å². The van der Waals surface area contributed by atoms with Crippen LogP contribution < -0.4 is 20.1 Å². The molecule has 6 heteroatoms. The van der Waals surface area contributed by atoms with Crippen molar-refractivity contribution < 1.29 is 14.6 Å². The molecule has 1 aliphatic rings. The lowest BCUT2D eigenvalue weighted by molar-refractivity contribution is 0.186. The molecule has 23 heavy (non-hydrogen) atoms. The topological polar surface area (TPSA) is 75.1 Å². The number of hydrogen-bond acceptors (Lipinski definition) is 4. The molecule has 1 aromatic rings. The van der Waals surface area contributed by atoms with Gasteiger partial charge in [-0.1, -0.05) is 6.92 Å². The molecule has 1 aromatic carbocycles. The Morgan fingerprint density at radius 2 is 1.91 bits per heavy atom. The fourth-order valence-electron chi connectivity index (χ4n) is 2.32. The number of aliphatic hydroxyl groups is 1. The molecule has 1 fully saturated rings. The summed E-state index contributed by atoms with van der Waals surface area (Å²) in [6.07, 6.45) is 0.450. The lowest BCUT2D eigenvalue weighted by Crippen LogP contribution is -2.39. The Kier molecular flexibility index (Phi) is 6.10. The molecule has 0 amide bonds. The van der Waals surface area contributed by atoms with Gasteiger partial charge in [0.1, 0.15) is 11.5 Å². The van der Waals surface area contributed by atoms with Gasteiger partial charge in [0.25, 0.3) is 0 Å². The predicted molar refractivity (Wildman–Crippen MR) is 91.2 cm³/mol. The number of rotatable bonds is 7. The number of guanidine groups is 1. The molecular formula is C17H27N3O3. The maximum atomic E-state index is 10.4. The molecule has 0 aromatic heterocycles. The van der Waals surface area contributed by atoms with Gasteiger partial charge in [-0.3, -0.25) is 4.99 Å². The van der Waals surface area contributed by atoms with Crippen LogP contribution in [0.1, 0.15) is 31.9 Å². The summed E-state index contributed by atoms with van der Waals surface area (Å²) in [7, 11) is 3.18. The van der Waals surface area contributed by atoms with E-state index < -0.39 is 6.10 Å². The first-order chi connectivity index (χ1) is 11.1. The van der Waals surface area contributed by atoms with Gasteiger partial charge >= 0.3 is 0 Å². The van der Waals surface area contributed by atoms with Gasteiger partial charge in [0.05, 0.1) is 26.9 Å². The molecule has 1 saturated carbocycles. The standard InChI is InChI=1S/C17H27N3O3/c1-5-18-17(20-15-6-11(15)2)19-10-16(21)12-7-13(22-3)9-14(8-12)23-4/h7-9,11,15-16,21H,5-6,10H2,1-4H3,(H2,18,19,20). The fraction of sp³-hybridized carbons (Fsp3) is 0.588. The van der Waals surface area contributed by atoms with E-state index in [1.807, 2.05) is 6.92 Å². The number of ether oxygens (including phenoxy) is 2. The van der Waals surface area contributed by atoms with E-state index in [0.29, 0.717) is 23.5 Å². The van der Waals surface area contributed by atoms with E-state index in [1.54, 1.807) is 32.4 Å². The van der Waals surface area contributed by atoms with Crippen LogP contribution in [0, 0.1) is 5.92 Å². The number of aliphatic hydroxyl groups excluding tert-OH is 1. The van der Waals surface area contributed by atoms with Crippen LogP contribution >= 0.6 is 0 Å². The van der Waals surface area contributed by atoms with Crippen molar-refractivity contribution in [2.45, 2.75) is 32.4 Å². The molecule has 3 atom stereocenters. The summed E-state index contributed by atoms with van der Waals surface area (Å²) >= 11 is 0. The molecule has 2 rings (SSSR count). The highest BCUT2D eigenvalue weighted by atomic mass is 16.5. The highest BCUT2D eigenvalue weighted by Gasteiger charge is 2.33. The van der Waals surface area contributed by atoms with E-state index in [-0.39, 0.29) is 6.54 Å². The molecule has 3 unspecified atom stereocenters. The normalized spacial score (nSPS) is 21.5. The van der Waals surface area contributed by atoms with E-state index in [9.17, 15) is 5.11 Å². The Bertz CT molecular complexity index is 526. The molecule has 0 aliphatic heterocycles. The first kappa shape index (κ1) is 17.4. The highest BCUT2D eigenvalue weighted by molar-refractivity contribution is 5.80. The molecule has 6 nitrogen and oxygen atoms in total. The molecule has 3 N–H and O–H groups in total. The summed E-state index contributed by atoms with van der Waals surface area (Å²) in [5.41, 5.74) is 0.723. The van der Waals surface area contributed by atoms with E-state index in [4.69, 9.17) is 9.47 Å². The molecular weight excluding hydrogens is 294 g/mol. The van der Waals surface area contributed by atoms with Crippen LogP contribution in [0.15, 0.2) is 23.2 Å². The van der Waals surface area contributed by atoms with Crippen molar-refractivity contribution >= 4 is 5.96 Å². The highest BCUT2D eigenvalue weighted by Crippen LogP contribution is 2.29. The zero-order valence-electron chi connectivity index (χ0n) is 14.3. The monoisotopic (exact) mass is 321 g/mol. The summed E-state index contributed by atoms with van der Waals surface area (Å²) in [5, 5.41) is 17.0. The zero-order valence-corrected chi connectivity index (χ0v) is 14.3. The van der Waals surface area contributed by atoms with Gasteiger partial charge in [-0.15, -0.1) is 0 Å². The van der Waals surface area contributed by atoms with Gasteiger partial charge in [-0.25, -0.2) is 0 Å². The van der Waals surface area contributed by atoms with E-state index in [0.717, 1.165) is 18.1 Å². The van der Waals surface area contributed by atoms with Crippen LogP contribution in [-0.2, 0) is 0 Å². The lowest BCUT2D eigenvalue weighted by atomic mass is 10.1. The van der Waals surface area contributed by atoms with Crippen LogP contribution in [0.2, 0.25) is 0 Å². The number of nitrogens with zero attached hydrogens (tertiary/aromatic N) is 1. The van der Waals surface area contributed by atoms with E-state index in [2.05, 4.69) is 22.5 Å². The van der Waals surface area contributed by atoms with Crippen LogP contribution in [0.25, 0.3) is 0 Å². The van der Waals surface area contributed by atoms with E-state index >= 15 is 0 Å². The average Bonchev–Trinajstić information content (AvgIpc) is 3.26. The number of nitrogens with one attached hydrogen (secondary N) is 2. The minimum atomic E-state index is -0.717. The molecule has 0 spiro atoms. The minimum absolute atomic E-state index is 0.271. The number of methoxy groups -OCH3 is 2. The summed E-state index contributed by atoms with van der Waals surface area (Å²) in [6, 6.07) is 5.86. The van der Waals surface area contributed by atoms with Crippen molar-refractivity contribution in [1.82, 2.24) is 10.6 Å². The van der Waals surface area contributed by atoms with Crippen molar-refractivity contribution in [3.63, 3.8) is 0 Å². The Hall–Kier alpha value is -1.95. The Morgan fingerprint density at radius 3 is 2.39 bits per heavy atom. The van der Waals surface area contributed by atoms with E-state index in [1.165, 1.54) is 6.42 Å². The van der Waals surface area contributed by atoms with Crippen molar-refractivity contribution in [2.24, 2.45) is 10.9 Å². The molecule has 128 valence electrons. The largest absolute Gasteiger partial charge is 0.497 e. The van der Waals surface area contributed by atoms with Crippen molar-refractivity contribution in [3.8, 4) is 11.5 Å². The second-order valence-corrected chi connectivity index (χ2v) is 5.85. The average molecular weight is 321 g/mol. The maximum absolute atomic E-state index is 10.4. The van der Waals surface area contributed by atoms with Crippen molar-refractivity contribution in [1.29, 1.82) is 0 Å². The van der Waals surface area contributed by atoms with Crippen LogP contribution in [-0.4, -0.2) is 44.4 Å². The second kappa shape index (κ2) is 8.06.